The van der Waals surface area contributed by atoms with Crippen LogP contribution in [0.4, 0.5) is 0 Å². The Kier molecular flexibility index (Phi) is 3.83. The molecule has 14 heavy (non-hydrogen) atoms. The normalized spacial score (nSPS) is 29.4. The summed E-state index contributed by atoms with van der Waals surface area (Å²) in [6.45, 7) is 3.29. The van der Waals surface area contributed by atoms with Gasteiger partial charge in [0.2, 0.25) is 0 Å². The van der Waals surface area contributed by atoms with Crippen molar-refractivity contribution in [1.29, 1.82) is 0 Å². The van der Waals surface area contributed by atoms with E-state index in [2.05, 4.69) is 40.3 Å². The molecule has 78 valence electrons. The van der Waals surface area contributed by atoms with Gasteiger partial charge in [0, 0.05) is 13.0 Å². The molecule has 1 aromatic rings. The number of hydrogen-bond acceptors (Lipinski definition) is 3. The maximum atomic E-state index is 4.06. The summed E-state index contributed by atoms with van der Waals surface area (Å²) in [6.07, 6.45) is 1.05. The van der Waals surface area contributed by atoms with Gasteiger partial charge in [0.15, 0.2) is 5.82 Å². The van der Waals surface area contributed by atoms with E-state index in [-0.39, 0.29) is 7.30 Å². The first-order valence-corrected chi connectivity index (χ1v) is 11.2. The summed E-state index contributed by atoms with van der Waals surface area (Å²) >= 11 is 0. The van der Waals surface area contributed by atoms with E-state index in [4.69, 9.17) is 0 Å². The van der Waals surface area contributed by atoms with Gasteiger partial charge < -0.3 is 0 Å². The van der Waals surface area contributed by atoms with Gasteiger partial charge in [0.1, 0.15) is 0 Å². The van der Waals surface area contributed by atoms with Gasteiger partial charge >= 0.3 is 0 Å². The lowest BCUT2D eigenvalue weighted by Gasteiger charge is -2.32. The summed E-state index contributed by atoms with van der Waals surface area (Å²) in [6, 6.07) is 0. The van der Waals surface area contributed by atoms with Crippen molar-refractivity contribution in [3.05, 3.63) is 5.82 Å². The molecule has 0 bridgehead atoms. The van der Waals surface area contributed by atoms with E-state index in [1.54, 1.807) is 0 Å². The Morgan fingerprint density at radius 1 is 1.64 bits per heavy atom. The number of tetrazole rings is 1. The van der Waals surface area contributed by atoms with Crippen LogP contribution in [0.5, 0.6) is 0 Å². The fourth-order valence-electron chi connectivity index (χ4n) is 1.76. The largest absolute Gasteiger partial charge is 0.229 e. The first-order valence-electron chi connectivity index (χ1n) is 4.47. The third-order valence-electron chi connectivity index (χ3n) is 2.62. The van der Waals surface area contributed by atoms with Gasteiger partial charge in [-0.05, 0) is 22.0 Å². The standard InChI is InChI=1S/C6H14N4P4/c1-4-3-10-6(7-8-9-10)2-5(4)14(12)13-11/h4-5,13H,2-3,11-12H2,1H3. The SMILES string of the molecule is CC1Cn2nnnc2CC1P(P)PP. The van der Waals surface area contributed by atoms with Crippen LogP contribution in [-0.2, 0) is 13.0 Å². The maximum Gasteiger partial charge on any atom is 0.151 e. The molecule has 6 unspecified atom stereocenters. The Hall–Kier alpha value is 0.790. The Morgan fingerprint density at radius 2 is 2.43 bits per heavy atom. The molecule has 4 nitrogen and oxygen atoms in total. The summed E-state index contributed by atoms with van der Waals surface area (Å²) in [5, 5.41) is 11.8. The van der Waals surface area contributed by atoms with E-state index in [1.807, 2.05) is 4.68 Å². The molecule has 2 heterocycles. The van der Waals surface area contributed by atoms with Gasteiger partial charge in [-0.1, -0.05) is 22.2 Å². The topological polar surface area (TPSA) is 43.6 Å². The van der Waals surface area contributed by atoms with E-state index in [0.29, 0.717) is 5.92 Å². The van der Waals surface area contributed by atoms with Crippen LogP contribution in [0.25, 0.3) is 0 Å². The zero-order valence-corrected chi connectivity index (χ0v) is 12.2. The zero-order valence-electron chi connectivity index (χ0n) is 7.96. The minimum Gasteiger partial charge on any atom is -0.229 e. The fourth-order valence-corrected chi connectivity index (χ4v) is 7.49. The molecule has 0 radical (unpaired) electrons. The lowest BCUT2D eigenvalue weighted by atomic mass is 10.0. The third kappa shape index (κ3) is 2.14. The molecule has 0 aromatic carbocycles. The Labute approximate surface area is 91.0 Å². The molecule has 6 atom stereocenters. The van der Waals surface area contributed by atoms with Crippen LogP contribution in [0.1, 0.15) is 12.7 Å². The van der Waals surface area contributed by atoms with E-state index in [1.165, 1.54) is 0 Å². The van der Waals surface area contributed by atoms with Crippen LogP contribution in [0, 0.1) is 5.92 Å². The van der Waals surface area contributed by atoms with Crippen LogP contribution in [0.15, 0.2) is 0 Å². The van der Waals surface area contributed by atoms with Gasteiger partial charge in [-0.15, -0.1) is 23.0 Å². The molecule has 0 aliphatic carbocycles. The third-order valence-corrected chi connectivity index (χ3v) is 14.1. The number of hydrogen-bond donors (Lipinski definition) is 0. The summed E-state index contributed by atoms with van der Waals surface area (Å²) in [7, 11) is 6.90. The quantitative estimate of drug-likeness (QED) is 0.768. The zero-order chi connectivity index (χ0) is 10.1. The molecule has 0 saturated heterocycles. The van der Waals surface area contributed by atoms with Crippen molar-refractivity contribution in [3.63, 3.8) is 0 Å². The predicted molar refractivity (Wildman–Crippen MR) is 69.1 cm³/mol. The van der Waals surface area contributed by atoms with Crippen LogP contribution in [0.2, 0.25) is 0 Å². The predicted octanol–water partition coefficient (Wildman–Crippen LogP) is 1.89. The van der Waals surface area contributed by atoms with Crippen LogP contribution in [0.3, 0.4) is 0 Å². The fraction of sp³-hybridized carbons (Fsp3) is 0.833. The first kappa shape index (κ1) is 11.3. The molecule has 1 aliphatic heterocycles. The second-order valence-electron chi connectivity index (χ2n) is 3.56. The maximum absolute atomic E-state index is 4.06. The average molecular weight is 266 g/mol. The van der Waals surface area contributed by atoms with Gasteiger partial charge in [-0.25, -0.2) is 4.68 Å². The van der Waals surface area contributed by atoms with Gasteiger partial charge in [0.05, 0.1) is 0 Å². The Bertz CT molecular complexity index is 317. The van der Waals surface area contributed by atoms with Crippen molar-refractivity contribution in [2.75, 3.05) is 0 Å². The van der Waals surface area contributed by atoms with E-state index in [0.717, 1.165) is 32.4 Å². The van der Waals surface area contributed by atoms with Crippen molar-refractivity contribution in [2.45, 2.75) is 25.5 Å². The molecular weight excluding hydrogens is 252 g/mol. The second kappa shape index (κ2) is 4.75. The van der Waals surface area contributed by atoms with E-state index in [9.17, 15) is 0 Å². The lowest BCUT2D eigenvalue weighted by Crippen LogP contribution is -2.30. The first-order chi connectivity index (χ1) is 6.72. The number of nitrogens with zero attached hydrogens (tertiary/aromatic N) is 4. The van der Waals surface area contributed by atoms with Crippen LogP contribution < -0.4 is 0 Å². The molecule has 2 rings (SSSR count). The molecule has 0 saturated carbocycles. The summed E-state index contributed by atoms with van der Waals surface area (Å²) < 4.78 is 1.95. The molecule has 8 heteroatoms. The average Bonchev–Trinajstić information content (AvgIpc) is 2.62. The Morgan fingerprint density at radius 3 is 3.14 bits per heavy atom. The number of fused-ring (bicyclic) bond motifs is 1. The Balaban J connectivity index is 2.17. The highest BCUT2D eigenvalue weighted by Gasteiger charge is 2.30. The van der Waals surface area contributed by atoms with Crippen molar-refractivity contribution in [3.8, 4) is 0 Å². The van der Waals surface area contributed by atoms with Gasteiger partial charge in [-0.3, -0.25) is 0 Å². The van der Waals surface area contributed by atoms with E-state index < -0.39 is 0 Å². The second-order valence-corrected chi connectivity index (χ2v) is 13.2. The van der Waals surface area contributed by atoms with Crippen LogP contribution >= 0.6 is 33.1 Å². The summed E-state index contributed by atoms with van der Waals surface area (Å²) in [4.78, 5) is 0. The molecule has 0 spiro atoms. The van der Waals surface area contributed by atoms with Crippen molar-refractivity contribution < 1.29 is 0 Å². The van der Waals surface area contributed by atoms with E-state index >= 15 is 0 Å². The molecule has 1 aliphatic rings. The molecular formula is C6H14N4P4. The highest BCUT2D eigenvalue weighted by molar-refractivity contribution is 8.61. The molecule has 0 amide bonds. The number of rotatable bonds is 2. The molecule has 0 fully saturated rings. The number of aromatic nitrogens is 4. The van der Waals surface area contributed by atoms with Crippen molar-refractivity contribution >= 4 is 33.1 Å². The van der Waals surface area contributed by atoms with Gasteiger partial charge in [0.25, 0.3) is 0 Å². The summed E-state index contributed by atoms with van der Waals surface area (Å²) in [5.41, 5.74) is 0.768. The molecule has 0 N–H and O–H groups in total. The monoisotopic (exact) mass is 266 g/mol. The highest BCUT2D eigenvalue weighted by Crippen LogP contribution is 2.71. The van der Waals surface area contributed by atoms with Crippen molar-refractivity contribution in [2.24, 2.45) is 5.92 Å². The van der Waals surface area contributed by atoms with Crippen molar-refractivity contribution in [1.82, 2.24) is 20.2 Å². The lowest BCUT2D eigenvalue weighted by molar-refractivity contribution is 0.373. The smallest absolute Gasteiger partial charge is 0.151 e. The summed E-state index contributed by atoms with van der Waals surface area (Å²) in [5.74, 6) is 1.76. The van der Waals surface area contributed by atoms with Gasteiger partial charge in [-0.2, -0.15) is 0 Å². The molecule has 1 aromatic heterocycles. The highest BCUT2D eigenvalue weighted by atomic mass is 32.6. The minimum absolute atomic E-state index is 0.0571. The minimum atomic E-state index is 0.0571. The van der Waals surface area contributed by atoms with Crippen LogP contribution in [-0.4, -0.2) is 25.9 Å².